The quantitative estimate of drug-likeness (QED) is 0.0118. The van der Waals surface area contributed by atoms with Crippen LogP contribution in [0.15, 0.2) is 144 Å². The monoisotopic (exact) mass is 2790 g/mol. The van der Waals surface area contributed by atoms with Crippen molar-refractivity contribution in [2.75, 3.05) is 71.7 Å². The molecule has 0 saturated heterocycles. The van der Waals surface area contributed by atoms with Gasteiger partial charge in [-0.3, -0.25) is 19.2 Å². The van der Waals surface area contributed by atoms with Gasteiger partial charge in [0.05, 0.1) is 103 Å². The Kier molecular flexibility index (Phi) is 72.9. The van der Waals surface area contributed by atoms with Crippen molar-refractivity contribution in [3.63, 3.8) is 0 Å². The van der Waals surface area contributed by atoms with E-state index in [2.05, 4.69) is 133 Å². The molecule has 0 radical (unpaired) electrons. The second kappa shape index (κ2) is 68.9. The number of phenolic OH excluding ortho intramolecular Hbond substituents is 2. The van der Waals surface area contributed by atoms with Gasteiger partial charge in [-0.2, -0.15) is 0 Å². The molecule has 7 aromatic carbocycles. The molecule has 3 N–H and O–H groups in total. The average molecular weight is 2800 g/mol. The largest absolute Gasteiger partial charge is 1.00 e. The first kappa shape index (κ1) is 132. The summed E-state index contributed by atoms with van der Waals surface area (Å²) >= 11 is 118. The predicted molar refractivity (Wildman–Crippen MR) is 569 cm³/mol. The summed E-state index contributed by atoms with van der Waals surface area (Å²) in [6.07, 6.45) is 0. The maximum absolute atomic E-state index is 12.1. The molecule has 0 spiro atoms. The molecule has 19 nitrogen and oxygen atoms in total. The van der Waals surface area contributed by atoms with Gasteiger partial charge in [-0.1, -0.05) is 186 Å². The van der Waals surface area contributed by atoms with Crippen LogP contribution in [0.5, 0.6) is 17.2 Å². The number of alkyl halides is 3. The number of hydrogen-bond acceptors (Lipinski definition) is 22. The van der Waals surface area contributed by atoms with Gasteiger partial charge >= 0.3 is 81.2 Å². The number of furan rings is 2. The number of esters is 5. The number of aryl methyl sites for hydroxylation is 1. The number of hydrogen-bond donors (Lipinski definition) is 3. The summed E-state index contributed by atoms with van der Waals surface area (Å²) in [7, 11) is 11.0. The number of carbonyl (C=O) groups is 6. The standard InChI is InChI=1S/C18H18Cl2O5S.C10H14O3.2C9H8Cl2INOS.C9H7Cl2IO2S.C6H3Cl2IO.C6H3Cl2IS.C6H4Cl2O.C3H5BrO2.CH2Cl2.CH4.K.H2O/c1-18(2,3)25-17(22)14-6-5-13(24-14)10-7-12(20)15(8-11(10)19)26-9-16(21)23-4;1-7-5-6-8(12-7)9(11)13-10(2,3)4;1-13(2)9(14)15-8-4-5(10)7(12)3-6(8)11;1-13(2)9(15)14-8-4-5(10)7(12)3-6(8)11;1-14-9(13)4-15-8-3-5(10)7(12)2-6(8)11;2*7-3-2-6(10)4(8)1-5(3)9;7-4-1-2-5(8)6(9)3-4;1-6-3(5)2-4;2-1-3;;;/h5-8H,9H2,1-4H3;5-6H,1-4H3;2*3-4H,1-2H3;2-3H,4H2,1H3;2*1-2,10H;1-3,9H;2H2,1H3;1H2;1H4;;1H2/q;;;;;;;;;;;+1;/p-1. The van der Waals surface area contributed by atoms with Gasteiger partial charge in [-0.25, -0.2) is 9.59 Å². The third-order valence-corrected chi connectivity index (χ3v) is 27.5. The zero-order valence-electron chi connectivity index (χ0n) is 67.1. The number of nitrogens with zero attached hydrogens (tertiary/aromatic N) is 2. The van der Waals surface area contributed by atoms with Crippen LogP contribution in [0.25, 0.3) is 11.3 Å². The zero-order valence-corrected chi connectivity index (χ0v) is 98.9. The van der Waals surface area contributed by atoms with Crippen LogP contribution in [0, 0.1) is 24.8 Å². The van der Waals surface area contributed by atoms with Gasteiger partial charge in [-0.05, 0) is 282 Å². The first-order valence-electron chi connectivity index (χ1n) is 32.8. The number of rotatable bonds is 12. The number of thiol groups is 1. The third-order valence-electron chi connectivity index (χ3n) is 12.3. The number of amides is 1. The summed E-state index contributed by atoms with van der Waals surface area (Å²) in [6, 6.07) is 31.2. The van der Waals surface area contributed by atoms with E-state index in [9.17, 15) is 28.8 Å². The van der Waals surface area contributed by atoms with Gasteiger partial charge in [-0.15, -0.1) is 59.4 Å². The third kappa shape index (κ3) is 55.8. The number of methoxy groups -OCH3 is 3. The molecule has 0 fully saturated rings. The summed E-state index contributed by atoms with van der Waals surface area (Å²) in [4.78, 5) is 73.0. The maximum Gasteiger partial charge on any atom is 1.00 e. The van der Waals surface area contributed by atoms with Crippen LogP contribution in [0.1, 0.15) is 75.8 Å². The second-order valence-corrected chi connectivity index (χ2v) is 41.3. The molecule has 0 aliphatic carbocycles. The smallest absolute Gasteiger partial charge is 0.870 e. The van der Waals surface area contributed by atoms with E-state index in [1.54, 1.807) is 158 Å². The number of aromatic hydroxyl groups is 2. The Morgan fingerprint density at radius 3 is 1.24 bits per heavy atom. The number of phenols is 2. The fourth-order valence-electron chi connectivity index (χ4n) is 6.73. The molecule has 0 unspecified atom stereocenters. The van der Waals surface area contributed by atoms with E-state index >= 15 is 0 Å². The van der Waals surface area contributed by atoms with Crippen molar-refractivity contribution >= 4 is 415 Å². The summed E-state index contributed by atoms with van der Waals surface area (Å²) in [5, 5.41) is 25.9. The molecule has 9 aromatic rings. The van der Waals surface area contributed by atoms with Crippen LogP contribution in [0.3, 0.4) is 0 Å². The van der Waals surface area contributed by atoms with Gasteiger partial charge < -0.3 is 62.7 Å². The fraction of sp³-hybridized carbons (Fsp3) is 0.269. The van der Waals surface area contributed by atoms with Crippen molar-refractivity contribution in [3.05, 3.63) is 221 Å². The number of benzene rings is 7. The zero-order chi connectivity index (χ0) is 94.1. The molecule has 0 saturated carbocycles. The minimum atomic E-state index is -0.622. The van der Waals surface area contributed by atoms with E-state index in [4.69, 9.17) is 231 Å². The number of thioether (sulfide) groups is 3. The summed E-state index contributed by atoms with van der Waals surface area (Å²) in [5.74, 6) is 0.429. The van der Waals surface area contributed by atoms with Crippen LogP contribution < -0.4 is 56.1 Å². The van der Waals surface area contributed by atoms with Gasteiger partial charge in [0.15, 0.2) is 0 Å². The van der Waals surface area contributed by atoms with Crippen LogP contribution in [0.2, 0.25) is 70.3 Å². The Hall–Kier alpha value is 0.976. The Labute approximate surface area is 950 Å². The molecule has 0 aliphatic rings. The molecule has 9 rings (SSSR count). The topological polar surface area (TPSA) is 261 Å². The van der Waals surface area contributed by atoms with E-state index in [-0.39, 0.29) is 133 Å². The van der Waals surface area contributed by atoms with Crippen molar-refractivity contribution in [2.45, 2.75) is 86.7 Å². The normalized spacial score (nSPS) is 9.96. The summed E-state index contributed by atoms with van der Waals surface area (Å²) in [6.45, 7) is 12.6. The van der Waals surface area contributed by atoms with Crippen LogP contribution in [0.4, 0.5) is 4.79 Å². The summed E-state index contributed by atoms with van der Waals surface area (Å²) in [5.41, 5.74) is -0.560. The molecule has 2 aromatic heterocycles. The van der Waals surface area contributed by atoms with E-state index < -0.39 is 23.1 Å². The van der Waals surface area contributed by atoms with Crippen LogP contribution in [-0.4, -0.2) is 149 Å². The van der Waals surface area contributed by atoms with Crippen LogP contribution in [-0.2, 0) is 38.1 Å². The van der Waals surface area contributed by atoms with E-state index in [1.165, 1.54) is 68.0 Å². The minimum Gasteiger partial charge on any atom is -0.870 e. The first-order chi connectivity index (χ1) is 56.5. The van der Waals surface area contributed by atoms with Crippen molar-refractivity contribution in [1.29, 1.82) is 0 Å². The Morgan fingerprint density at radius 2 is 0.856 bits per heavy atom. The molecule has 47 heteroatoms. The predicted octanol–water partition coefficient (Wildman–Crippen LogP) is 29.4. The van der Waals surface area contributed by atoms with Gasteiger partial charge in [0.1, 0.15) is 45.3 Å². The van der Waals surface area contributed by atoms with Crippen molar-refractivity contribution in [2.24, 2.45) is 0 Å². The molecule has 2 heterocycles. The number of thiocarbonyl (C=S) groups is 1. The molecule has 0 atom stereocenters. The average Bonchev–Trinajstić information content (AvgIpc) is 1.78. The van der Waals surface area contributed by atoms with Crippen molar-refractivity contribution < 1.29 is 133 Å². The summed E-state index contributed by atoms with van der Waals surface area (Å²) < 4.78 is 44.2. The van der Waals surface area contributed by atoms with Gasteiger partial charge in [0, 0.05) is 94.4 Å². The van der Waals surface area contributed by atoms with Crippen molar-refractivity contribution in [3.8, 4) is 28.6 Å². The fourth-order valence-corrected chi connectivity index (χ4v) is 15.9. The second-order valence-electron chi connectivity index (χ2n) is 24.5. The van der Waals surface area contributed by atoms with Crippen molar-refractivity contribution in [1.82, 2.24) is 9.80 Å². The molecule has 0 bridgehead atoms. The SMILES string of the molecule is C.CN(C)C(=O)Sc1cc(Cl)c(I)cc1Cl.CN(C)C(=S)Oc1cc(Cl)c(I)cc1Cl.COC(=O)CBr.COC(=O)CSc1cc(Cl)c(-c2ccc(C(=O)OC(C)(C)C)o2)cc1Cl.COC(=O)CSc1cc(Cl)c(I)cc1Cl.Cc1ccc(C(=O)OC(C)(C)C)o1.ClCCl.Oc1cc(Cl)c(I)cc1Cl.Oc1cc(Cl)ccc1Cl.Sc1cc(Cl)c(I)cc1Cl.[K+].[OH-]. The maximum atomic E-state index is 12.1. The molecule has 0 aliphatic heterocycles. The Balaban J connectivity index is -0.000000670. The number of halogens is 22. The number of ether oxygens (including phenoxy) is 6. The van der Waals surface area contributed by atoms with E-state index in [0.29, 0.717) is 113 Å². The molecular formula is C78H77BrCl16I5KN2O17S5. The van der Waals surface area contributed by atoms with E-state index in [1.807, 2.05) is 43.4 Å². The molecule has 686 valence electrons. The van der Waals surface area contributed by atoms with Gasteiger partial charge in [0.25, 0.3) is 10.4 Å². The Bertz CT molecular complexity index is 4760. The van der Waals surface area contributed by atoms with Gasteiger partial charge in [0.2, 0.25) is 11.5 Å². The van der Waals surface area contributed by atoms with Crippen LogP contribution >= 0.6 is 375 Å². The molecular weight excluding hydrogens is 2720 g/mol. The molecule has 1 amide bonds. The van der Waals surface area contributed by atoms with E-state index in [0.717, 1.165) is 34.5 Å². The number of carbonyl (C=O) groups excluding carboxylic acids is 6. The minimum absolute atomic E-state index is 0. The first-order valence-corrected chi connectivity index (χ1v) is 49.3. The molecule has 125 heavy (non-hydrogen) atoms. The Morgan fingerprint density at radius 1 is 0.480 bits per heavy atom.